The van der Waals surface area contributed by atoms with Gasteiger partial charge in [0.1, 0.15) is 10.4 Å². The van der Waals surface area contributed by atoms with Gasteiger partial charge in [0.15, 0.2) is 17.3 Å². The molecule has 21 heavy (non-hydrogen) atoms. The highest BCUT2D eigenvalue weighted by Crippen LogP contribution is 2.51. The van der Waals surface area contributed by atoms with Gasteiger partial charge in [-0.1, -0.05) is 17.8 Å². The highest BCUT2D eigenvalue weighted by Gasteiger charge is 2.39. The molecule has 2 aliphatic rings. The van der Waals surface area contributed by atoms with E-state index >= 15 is 0 Å². The fraction of sp³-hybridized carbons (Fsp3) is 0.231. The van der Waals surface area contributed by atoms with Crippen LogP contribution in [-0.2, 0) is 0 Å². The molecule has 0 spiro atoms. The van der Waals surface area contributed by atoms with E-state index in [0.29, 0.717) is 5.75 Å². The minimum Gasteiger partial charge on any atom is -0.504 e. The second-order valence-electron chi connectivity index (χ2n) is 4.66. The van der Waals surface area contributed by atoms with Gasteiger partial charge in [0, 0.05) is 5.41 Å². The molecular formula is C13H12N4O2S2. The Morgan fingerprint density at radius 3 is 3.00 bits per heavy atom. The first-order chi connectivity index (χ1) is 10.2. The summed E-state index contributed by atoms with van der Waals surface area (Å²) in [5.74, 6) is 1.49. The van der Waals surface area contributed by atoms with E-state index in [2.05, 4.69) is 20.6 Å². The molecule has 108 valence electrons. The molecule has 1 aromatic heterocycles. The zero-order valence-electron chi connectivity index (χ0n) is 11.3. The molecule has 0 unspecified atom stereocenters. The van der Waals surface area contributed by atoms with Crippen LogP contribution in [0, 0.1) is 6.92 Å². The molecule has 8 heteroatoms. The molecule has 4 rings (SSSR count). The van der Waals surface area contributed by atoms with E-state index in [0.717, 1.165) is 21.6 Å². The van der Waals surface area contributed by atoms with Crippen molar-refractivity contribution < 1.29 is 9.84 Å². The number of fused-ring (bicyclic) bond motifs is 3. The SMILES string of the molecule is COc1cc([C@@H]2SC=C3Sc4nnc(C)n4N32)ccc1O. The van der Waals surface area contributed by atoms with Gasteiger partial charge in [0.2, 0.25) is 5.16 Å². The van der Waals surface area contributed by atoms with Gasteiger partial charge in [-0.05, 0) is 36.4 Å². The molecule has 0 fully saturated rings. The van der Waals surface area contributed by atoms with Crippen LogP contribution < -0.4 is 9.75 Å². The van der Waals surface area contributed by atoms with Crippen LogP contribution in [0.15, 0.2) is 33.8 Å². The first kappa shape index (κ1) is 12.9. The average Bonchev–Trinajstić information content (AvgIpc) is 3.12. The largest absolute Gasteiger partial charge is 0.504 e. The Morgan fingerprint density at radius 1 is 1.33 bits per heavy atom. The number of thioether (sulfide) groups is 2. The second kappa shape index (κ2) is 4.60. The monoisotopic (exact) mass is 320 g/mol. The Morgan fingerprint density at radius 2 is 2.19 bits per heavy atom. The maximum absolute atomic E-state index is 9.75. The topological polar surface area (TPSA) is 63.4 Å². The zero-order valence-corrected chi connectivity index (χ0v) is 13.0. The molecule has 6 nitrogen and oxygen atoms in total. The predicted octanol–water partition coefficient (Wildman–Crippen LogP) is 2.59. The van der Waals surface area contributed by atoms with Crippen LogP contribution in [0.2, 0.25) is 0 Å². The zero-order chi connectivity index (χ0) is 14.6. The number of rotatable bonds is 2. The molecule has 0 saturated carbocycles. The third kappa shape index (κ3) is 1.82. The molecule has 0 amide bonds. The summed E-state index contributed by atoms with van der Waals surface area (Å²) in [5.41, 5.74) is 1.06. The maximum atomic E-state index is 9.75. The van der Waals surface area contributed by atoms with E-state index in [1.807, 2.05) is 23.7 Å². The summed E-state index contributed by atoms with van der Waals surface area (Å²) < 4.78 is 7.23. The minimum absolute atomic E-state index is 0.0814. The third-order valence-electron chi connectivity index (χ3n) is 3.41. The number of ether oxygens (including phenoxy) is 1. The first-order valence-electron chi connectivity index (χ1n) is 6.31. The van der Waals surface area contributed by atoms with Gasteiger partial charge >= 0.3 is 0 Å². The van der Waals surface area contributed by atoms with Crippen molar-refractivity contribution in [1.29, 1.82) is 0 Å². The van der Waals surface area contributed by atoms with Crippen LogP contribution in [0.3, 0.4) is 0 Å². The van der Waals surface area contributed by atoms with Crippen molar-refractivity contribution >= 4 is 23.5 Å². The van der Waals surface area contributed by atoms with Crippen LogP contribution >= 0.6 is 23.5 Å². The number of aromatic hydroxyl groups is 1. The maximum Gasteiger partial charge on any atom is 0.216 e. The summed E-state index contributed by atoms with van der Waals surface area (Å²) in [6.45, 7) is 1.94. The van der Waals surface area contributed by atoms with Gasteiger partial charge in [-0.25, -0.2) is 4.68 Å². The van der Waals surface area contributed by atoms with E-state index in [1.54, 1.807) is 36.7 Å². The van der Waals surface area contributed by atoms with Gasteiger partial charge in [-0.3, -0.25) is 5.01 Å². The number of methoxy groups -OCH3 is 1. The molecule has 0 aliphatic carbocycles. The van der Waals surface area contributed by atoms with Crippen LogP contribution in [0.25, 0.3) is 0 Å². The third-order valence-corrected chi connectivity index (χ3v) is 5.60. The summed E-state index contributed by atoms with van der Waals surface area (Å²) in [7, 11) is 1.55. The summed E-state index contributed by atoms with van der Waals surface area (Å²) >= 11 is 3.33. The van der Waals surface area contributed by atoms with Crippen molar-refractivity contribution in [3.05, 3.63) is 40.0 Å². The number of benzene rings is 1. The normalized spacial score (nSPS) is 19.4. The molecule has 1 aromatic carbocycles. The second-order valence-corrected chi connectivity index (χ2v) is 6.61. The highest BCUT2D eigenvalue weighted by atomic mass is 32.2. The molecular weight excluding hydrogens is 308 g/mol. The molecule has 3 heterocycles. The van der Waals surface area contributed by atoms with Crippen LogP contribution in [-0.4, -0.2) is 27.1 Å². The summed E-state index contributed by atoms with van der Waals surface area (Å²) in [6.07, 6.45) is 0. The summed E-state index contributed by atoms with van der Waals surface area (Å²) in [4.78, 5) is 0. The summed E-state index contributed by atoms with van der Waals surface area (Å²) in [6, 6.07) is 5.44. The Kier molecular flexibility index (Phi) is 2.83. The fourth-order valence-corrected chi connectivity index (χ4v) is 4.70. The van der Waals surface area contributed by atoms with Gasteiger partial charge in [-0.2, -0.15) is 0 Å². The van der Waals surface area contributed by atoms with Crippen molar-refractivity contribution in [3.63, 3.8) is 0 Å². The number of hydrogen-bond acceptors (Lipinski definition) is 7. The predicted molar refractivity (Wildman–Crippen MR) is 81.9 cm³/mol. The van der Waals surface area contributed by atoms with Crippen molar-refractivity contribution in [3.8, 4) is 11.5 Å². The molecule has 0 radical (unpaired) electrons. The van der Waals surface area contributed by atoms with E-state index in [-0.39, 0.29) is 11.1 Å². The number of aromatic nitrogens is 3. The highest BCUT2D eigenvalue weighted by molar-refractivity contribution is 8.07. The van der Waals surface area contributed by atoms with Crippen LogP contribution in [0.5, 0.6) is 11.5 Å². The molecule has 2 aromatic rings. The summed E-state index contributed by atoms with van der Waals surface area (Å²) in [5, 5.41) is 24.5. The number of phenols is 1. The lowest BCUT2D eigenvalue weighted by Crippen LogP contribution is -2.30. The lowest BCUT2D eigenvalue weighted by atomic mass is 10.2. The quantitative estimate of drug-likeness (QED) is 0.912. The van der Waals surface area contributed by atoms with Gasteiger partial charge in [0.25, 0.3) is 0 Å². The van der Waals surface area contributed by atoms with Gasteiger partial charge < -0.3 is 9.84 Å². The molecule has 0 saturated heterocycles. The van der Waals surface area contributed by atoms with E-state index in [4.69, 9.17) is 4.74 Å². The molecule has 1 N–H and O–H groups in total. The number of hydrogen-bond donors (Lipinski definition) is 1. The van der Waals surface area contributed by atoms with Crippen molar-refractivity contribution in [2.75, 3.05) is 12.1 Å². The van der Waals surface area contributed by atoms with Gasteiger partial charge in [0.05, 0.1) is 7.11 Å². The van der Waals surface area contributed by atoms with Crippen molar-refractivity contribution in [2.24, 2.45) is 0 Å². The molecule has 2 aliphatic heterocycles. The molecule has 1 atom stereocenters. The van der Waals surface area contributed by atoms with Crippen molar-refractivity contribution in [2.45, 2.75) is 17.5 Å². The Hall–Kier alpha value is -1.80. The molecule has 0 bridgehead atoms. The lowest BCUT2D eigenvalue weighted by molar-refractivity contribution is 0.373. The van der Waals surface area contributed by atoms with Crippen LogP contribution in [0.1, 0.15) is 16.8 Å². The smallest absolute Gasteiger partial charge is 0.216 e. The number of aryl methyl sites for hydroxylation is 1. The lowest BCUT2D eigenvalue weighted by Gasteiger charge is -2.25. The standard InChI is InChI=1S/C13H12N4O2S2/c1-7-14-15-13-16(7)17-11(21-13)6-20-12(17)8-3-4-9(18)10(5-8)19-2/h3-6,12,18H,1-2H3/t12-/m0/s1. The Bertz CT molecular complexity index is 759. The van der Waals surface area contributed by atoms with Gasteiger partial charge in [-0.15, -0.1) is 10.2 Å². The number of phenolic OH excluding ortho intramolecular Hbond substituents is 1. The Labute approximate surface area is 129 Å². The number of nitrogens with zero attached hydrogens (tertiary/aromatic N) is 4. The van der Waals surface area contributed by atoms with Crippen molar-refractivity contribution in [1.82, 2.24) is 14.9 Å². The van der Waals surface area contributed by atoms with E-state index in [1.165, 1.54) is 0 Å². The first-order valence-corrected chi connectivity index (χ1v) is 8.07. The van der Waals surface area contributed by atoms with Crippen LogP contribution in [0.4, 0.5) is 0 Å². The minimum atomic E-state index is 0.0814. The Balaban J connectivity index is 1.76. The van der Waals surface area contributed by atoms with E-state index < -0.39 is 0 Å². The van der Waals surface area contributed by atoms with E-state index in [9.17, 15) is 5.11 Å². The average molecular weight is 320 g/mol. The fourth-order valence-electron chi connectivity index (χ4n) is 2.44.